The number of nitrogens with zero attached hydrogens (tertiary/aromatic N) is 2. The second-order valence-corrected chi connectivity index (χ2v) is 5.06. The molecule has 0 amide bonds. The summed E-state index contributed by atoms with van der Waals surface area (Å²) in [6.07, 6.45) is 4.01. The summed E-state index contributed by atoms with van der Waals surface area (Å²) < 4.78 is 28.5. The highest BCUT2D eigenvalue weighted by Gasteiger charge is 2.24. The van der Waals surface area contributed by atoms with Crippen molar-refractivity contribution in [1.82, 2.24) is 15.3 Å². The van der Waals surface area contributed by atoms with Gasteiger partial charge in [0.25, 0.3) is 0 Å². The largest absolute Gasteiger partial charge is 0.305 e. The Hall–Kier alpha value is -1.88. The molecule has 0 saturated heterocycles. The van der Waals surface area contributed by atoms with E-state index >= 15 is 0 Å². The lowest BCUT2D eigenvalue weighted by molar-refractivity contribution is 0.493. The van der Waals surface area contributed by atoms with E-state index in [1.165, 1.54) is 12.1 Å². The van der Waals surface area contributed by atoms with E-state index in [4.69, 9.17) is 0 Å². The van der Waals surface area contributed by atoms with E-state index in [1.807, 2.05) is 13.8 Å². The second-order valence-electron chi connectivity index (χ2n) is 5.06. The highest BCUT2D eigenvalue weighted by Crippen LogP contribution is 2.27. The molecule has 0 fully saturated rings. The Morgan fingerprint density at radius 1 is 1.14 bits per heavy atom. The van der Waals surface area contributed by atoms with Crippen LogP contribution in [0.5, 0.6) is 0 Å². The van der Waals surface area contributed by atoms with Gasteiger partial charge in [-0.1, -0.05) is 13.0 Å². The van der Waals surface area contributed by atoms with Crippen molar-refractivity contribution in [2.75, 3.05) is 6.54 Å². The Bertz CT molecular complexity index is 612. The summed E-state index contributed by atoms with van der Waals surface area (Å²) in [4.78, 5) is 8.43. The molecule has 2 aromatic rings. The molecule has 5 heteroatoms. The van der Waals surface area contributed by atoms with E-state index in [-0.39, 0.29) is 5.56 Å². The fourth-order valence-corrected chi connectivity index (χ4v) is 2.14. The Kier molecular flexibility index (Phi) is 4.96. The summed E-state index contributed by atoms with van der Waals surface area (Å²) in [5, 5.41) is 3.15. The number of hydrogen-bond acceptors (Lipinski definition) is 3. The maximum atomic E-state index is 14.4. The molecule has 1 atom stereocenters. The van der Waals surface area contributed by atoms with Crippen molar-refractivity contribution in [3.63, 3.8) is 0 Å². The van der Waals surface area contributed by atoms with Gasteiger partial charge in [-0.25, -0.2) is 8.78 Å². The number of aromatic nitrogens is 2. The molecule has 0 aliphatic heterocycles. The van der Waals surface area contributed by atoms with Crippen LogP contribution in [0, 0.1) is 25.5 Å². The first-order chi connectivity index (χ1) is 10.0. The van der Waals surface area contributed by atoms with Crippen molar-refractivity contribution >= 4 is 0 Å². The molecule has 0 aliphatic carbocycles. The molecule has 1 aromatic heterocycles. The molecule has 3 nitrogen and oxygen atoms in total. The fourth-order valence-electron chi connectivity index (χ4n) is 2.14. The van der Waals surface area contributed by atoms with Crippen LogP contribution in [0.4, 0.5) is 8.78 Å². The molecule has 21 heavy (non-hydrogen) atoms. The third-order valence-corrected chi connectivity index (χ3v) is 3.30. The van der Waals surface area contributed by atoms with Crippen molar-refractivity contribution < 1.29 is 8.78 Å². The summed E-state index contributed by atoms with van der Waals surface area (Å²) in [6, 6.07) is 2.08. The Labute approximate surface area is 123 Å². The number of hydrogen-bond donors (Lipinski definition) is 1. The van der Waals surface area contributed by atoms with Gasteiger partial charge in [0.1, 0.15) is 11.6 Å². The zero-order valence-electron chi connectivity index (χ0n) is 12.5. The Morgan fingerprint density at radius 2 is 1.90 bits per heavy atom. The van der Waals surface area contributed by atoms with Crippen LogP contribution in [0.2, 0.25) is 0 Å². The second kappa shape index (κ2) is 6.72. The molecule has 0 bridgehead atoms. The first-order valence-corrected chi connectivity index (χ1v) is 7.01. The first kappa shape index (κ1) is 15.5. The quantitative estimate of drug-likeness (QED) is 0.916. The van der Waals surface area contributed by atoms with Crippen LogP contribution in [0.25, 0.3) is 0 Å². The molecule has 112 valence electrons. The number of benzene rings is 1. The van der Waals surface area contributed by atoms with Crippen molar-refractivity contribution in [1.29, 1.82) is 0 Å². The van der Waals surface area contributed by atoms with Crippen LogP contribution in [-0.4, -0.2) is 16.5 Å². The van der Waals surface area contributed by atoms with Gasteiger partial charge in [-0.2, -0.15) is 0 Å². The number of halogens is 2. The summed E-state index contributed by atoms with van der Waals surface area (Å²) >= 11 is 0. The monoisotopic (exact) mass is 291 g/mol. The summed E-state index contributed by atoms with van der Waals surface area (Å²) in [6.45, 7) is 6.07. The summed E-state index contributed by atoms with van der Waals surface area (Å²) in [5.74, 6) is -1.11. The van der Waals surface area contributed by atoms with Gasteiger partial charge in [0.2, 0.25) is 0 Å². The van der Waals surface area contributed by atoms with Gasteiger partial charge in [0, 0.05) is 11.8 Å². The van der Waals surface area contributed by atoms with E-state index in [9.17, 15) is 8.78 Å². The molecule has 1 heterocycles. The Morgan fingerprint density at radius 3 is 2.52 bits per heavy atom. The van der Waals surface area contributed by atoms with Crippen molar-refractivity contribution in [2.24, 2.45) is 0 Å². The highest BCUT2D eigenvalue weighted by molar-refractivity contribution is 5.33. The minimum absolute atomic E-state index is 0.00148. The normalized spacial score (nSPS) is 12.4. The Balaban J connectivity index is 2.50. The van der Waals surface area contributed by atoms with Gasteiger partial charge in [-0.3, -0.25) is 9.97 Å². The zero-order chi connectivity index (χ0) is 15.4. The predicted octanol–water partition coefficient (Wildman–Crippen LogP) is 3.46. The van der Waals surface area contributed by atoms with Gasteiger partial charge in [-0.05, 0) is 38.4 Å². The van der Waals surface area contributed by atoms with Crippen LogP contribution < -0.4 is 5.32 Å². The molecule has 0 saturated carbocycles. The molecular formula is C16H19F2N3. The zero-order valence-corrected chi connectivity index (χ0v) is 12.5. The van der Waals surface area contributed by atoms with Crippen molar-refractivity contribution in [3.8, 4) is 0 Å². The van der Waals surface area contributed by atoms with Gasteiger partial charge < -0.3 is 5.32 Å². The van der Waals surface area contributed by atoms with Crippen LogP contribution in [-0.2, 0) is 0 Å². The minimum Gasteiger partial charge on any atom is -0.305 e. The lowest BCUT2D eigenvalue weighted by atomic mass is 10.00. The number of aryl methyl sites for hydroxylation is 2. The maximum absolute atomic E-state index is 14.4. The molecular weight excluding hydrogens is 272 g/mol. The average molecular weight is 291 g/mol. The summed E-state index contributed by atoms with van der Waals surface area (Å²) in [7, 11) is 0. The molecule has 0 spiro atoms. The summed E-state index contributed by atoms with van der Waals surface area (Å²) in [5.41, 5.74) is 1.69. The molecule has 2 rings (SSSR count). The van der Waals surface area contributed by atoms with Crippen molar-refractivity contribution in [2.45, 2.75) is 33.2 Å². The average Bonchev–Trinajstić information content (AvgIpc) is 2.48. The maximum Gasteiger partial charge on any atom is 0.134 e. The third-order valence-electron chi connectivity index (χ3n) is 3.30. The van der Waals surface area contributed by atoms with E-state index in [0.717, 1.165) is 12.1 Å². The van der Waals surface area contributed by atoms with Gasteiger partial charge in [0.05, 0.1) is 23.6 Å². The van der Waals surface area contributed by atoms with Crippen molar-refractivity contribution in [3.05, 3.63) is 58.7 Å². The van der Waals surface area contributed by atoms with E-state index in [0.29, 0.717) is 17.8 Å². The van der Waals surface area contributed by atoms with E-state index in [2.05, 4.69) is 15.3 Å². The minimum atomic E-state index is -0.641. The highest BCUT2D eigenvalue weighted by atomic mass is 19.1. The SMILES string of the molecule is CCCNC(c1cnc(C)cn1)c1c(F)ccc(C)c1F. The molecule has 1 aromatic carbocycles. The van der Waals surface area contributed by atoms with E-state index < -0.39 is 17.7 Å². The topological polar surface area (TPSA) is 37.8 Å². The predicted molar refractivity (Wildman–Crippen MR) is 78.0 cm³/mol. The third kappa shape index (κ3) is 3.42. The molecule has 1 unspecified atom stereocenters. The first-order valence-electron chi connectivity index (χ1n) is 7.01. The standard InChI is InChI=1S/C16H19F2N3/c1-4-7-19-16(13-9-20-11(3)8-21-13)14-12(17)6-5-10(2)15(14)18/h5-6,8-9,16,19H,4,7H2,1-3H3. The fraction of sp³-hybridized carbons (Fsp3) is 0.375. The smallest absolute Gasteiger partial charge is 0.134 e. The van der Waals surface area contributed by atoms with E-state index in [1.54, 1.807) is 19.3 Å². The van der Waals surface area contributed by atoms with Gasteiger partial charge >= 0.3 is 0 Å². The van der Waals surface area contributed by atoms with Crippen LogP contribution in [0.15, 0.2) is 24.5 Å². The van der Waals surface area contributed by atoms with Crippen LogP contribution in [0.1, 0.15) is 41.9 Å². The van der Waals surface area contributed by atoms with Gasteiger partial charge in [0.15, 0.2) is 0 Å². The van der Waals surface area contributed by atoms with Gasteiger partial charge in [-0.15, -0.1) is 0 Å². The molecule has 1 N–H and O–H groups in total. The van der Waals surface area contributed by atoms with Crippen LogP contribution in [0.3, 0.4) is 0 Å². The molecule has 0 aliphatic rings. The number of rotatable bonds is 5. The lowest BCUT2D eigenvalue weighted by Crippen LogP contribution is -2.26. The lowest BCUT2D eigenvalue weighted by Gasteiger charge is -2.20. The van der Waals surface area contributed by atoms with Crippen LogP contribution >= 0.6 is 0 Å². The number of nitrogens with one attached hydrogen (secondary N) is 1. The molecule has 0 radical (unpaired) electrons.